The van der Waals surface area contributed by atoms with E-state index < -0.39 is 0 Å². The van der Waals surface area contributed by atoms with Crippen molar-refractivity contribution in [3.63, 3.8) is 0 Å². The molecule has 7 heteroatoms. The average Bonchev–Trinajstić information content (AvgIpc) is 3.35. The first kappa shape index (κ1) is 17.3. The number of carbonyl (C=O) groups is 1. The van der Waals surface area contributed by atoms with E-state index in [0.29, 0.717) is 29.7 Å². The van der Waals surface area contributed by atoms with Crippen molar-refractivity contribution in [1.82, 2.24) is 20.1 Å². The van der Waals surface area contributed by atoms with Crippen LogP contribution in [0.2, 0.25) is 5.02 Å². The molecular formula is C17H21ClN4OS. The Hall–Kier alpha value is -1.53. The quantitative estimate of drug-likeness (QED) is 0.726. The number of halogens is 1. The number of benzene rings is 1. The van der Waals surface area contributed by atoms with Gasteiger partial charge in [-0.05, 0) is 31.4 Å². The van der Waals surface area contributed by atoms with Crippen molar-refractivity contribution in [2.75, 3.05) is 5.75 Å². The Bertz CT molecular complexity index is 714. The van der Waals surface area contributed by atoms with Crippen LogP contribution in [-0.4, -0.2) is 26.4 Å². The van der Waals surface area contributed by atoms with Gasteiger partial charge in [-0.3, -0.25) is 4.79 Å². The molecule has 2 aromatic rings. The Morgan fingerprint density at radius 1 is 1.38 bits per heavy atom. The smallest absolute Gasteiger partial charge is 0.221 e. The molecule has 0 radical (unpaired) electrons. The maximum Gasteiger partial charge on any atom is 0.221 e. The molecule has 3 rings (SSSR count). The normalized spacial score (nSPS) is 13.9. The second kappa shape index (κ2) is 8.03. The predicted molar refractivity (Wildman–Crippen MR) is 96.3 cm³/mol. The number of carbonyl (C=O) groups excluding carboxylic acids is 1. The first-order chi connectivity index (χ1) is 11.7. The molecule has 1 fully saturated rings. The first-order valence-electron chi connectivity index (χ1n) is 8.25. The van der Waals surface area contributed by atoms with Crippen LogP contribution in [0.5, 0.6) is 0 Å². The maximum absolute atomic E-state index is 12.0. The van der Waals surface area contributed by atoms with E-state index in [9.17, 15) is 4.79 Å². The number of hydrogen-bond acceptors (Lipinski definition) is 4. The number of nitrogens with one attached hydrogen (secondary N) is 1. The molecule has 5 nitrogen and oxygen atoms in total. The first-order valence-corrected chi connectivity index (χ1v) is 9.61. The lowest BCUT2D eigenvalue weighted by Crippen LogP contribution is -2.23. The van der Waals surface area contributed by atoms with Crippen molar-refractivity contribution in [3.8, 4) is 0 Å². The summed E-state index contributed by atoms with van der Waals surface area (Å²) in [5.41, 5.74) is 0.931. The Labute approximate surface area is 151 Å². The minimum Gasteiger partial charge on any atom is -0.352 e. The Kier molecular flexibility index (Phi) is 5.79. The molecule has 0 aliphatic heterocycles. The monoisotopic (exact) mass is 364 g/mol. The third-order valence-corrected chi connectivity index (χ3v) is 5.34. The summed E-state index contributed by atoms with van der Waals surface area (Å²) in [7, 11) is 0. The van der Waals surface area contributed by atoms with Gasteiger partial charge < -0.3 is 9.88 Å². The van der Waals surface area contributed by atoms with Gasteiger partial charge in [0, 0.05) is 36.2 Å². The highest BCUT2D eigenvalue weighted by Crippen LogP contribution is 2.39. The van der Waals surface area contributed by atoms with Gasteiger partial charge in [0.25, 0.3) is 0 Å². The van der Waals surface area contributed by atoms with E-state index >= 15 is 0 Å². The SMILES string of the molecule is CCn1c(SCCC(=O)NCc2ccccc2Cl)nnc1C1CC1. The zero-order chi connectivity index (χ0) is 16.9. The molecule has 1 aromatic carbocycles. The van der Waals surface area contributed by atoms with Gasteiger partial charge in [0.1, 0.15) is 5.82 Å². The summed E-state index contributed by atoms with van der Waals surface area (Å²) in [5, 5.41) is 13.1. The Morgan fingerprint density at radius 2 is 2.17 bits per heavy atom. The summed E-state index contributed by atoms with van der Waals surface area (Å²) in [6, 6.07) is 7.54. The van der Waals surface area contributed by atoms with Gasteiger partial charge in [0.2, 0.25) is 5.91 Å². The fourth-order valence-corrected chi connectivity index (χ4v) is 3.66. The van der Waals surface area contributed by atoms with Crippen LogP contribution in [0.3, 0.4) is 0 Å². The van der Waals surface area contributed by atoms with E-state index in [1.165, 1.54) is 12.8 Å². The van der Waals surface area contributed by atoms with E-state index in [-0.39, 0.29) is 5.91 Å². The second-order valence-corrected chi connectivity index (χ2v) is 7.30. The van der Waals surface area contributed by atoms with Crippen LogP contribution in [-0.2, 0) is 17.9 Å². The summed E-state index contributed by atoms with van der Waals surface area (Å²) in [6.45, 7) is 3.44. The number of rotatable bonds is 8. The molecule has 0 unspecified atom stereocenters. The molecule has 0 spiro atoms. The van der Waals surface area contributed by atoms with Crippen LogP contribution in [0.15, 0.2) is 29.4 Å². The van der Waals surface area contributed by atoms with Crippen LogP contribution in [0.25, 0.3) is 0 Å². The van der Waals surface area contributed by atoms with Crippen LogP contribution in [0, 0.1) is 0 Å². The van der Waals surface area contributed by atoms with Crippen molar-refractivity contribution in [3.05, 3.63) is 40.7 Å². The molecule has 0 bridgehead atoms. The van der Waals surface area contributed by atoms with Gasteiger partial charge in [-0.1, -0.05) is 41.6 Å². The molecule has 24 heavy (non-hydrogen) atoms. The van der Waals surface area contributed by atoms with E-state index in [1.807, 2.05) is 24.3 Å². The van der Waals surface area contributed by atoms with E-state index in [2.05, 4.69) is 27.0 Å². The van der Waals surface area contributed by atoms with Gasteiger partial charge in [0.15, 0.2) is 5.16 Å². The van der Waals surface area contributed by atoms with Crippen LogP contribution < -0.4 is 5.32 Å². The molecule has 1 aromatic heterocycles. The van der Waals surface area contributed by atoms with Crippen molar-refractivity contribution >= 4 is 29.3 Å². The molecule has 1 saturated carbocycles. The van der Waals surface area contributed by atoms with Gasteiger partial charge in [-0.25, -0.2) is 0 Å². The van der Waals surface area contributed by atoms with E-state index in [0.717, 1.165) is 23.1 Å². The van der Waals surface area contributed by atoms with E-state index in [4.69, 9.17) is 11.6 Å². The lowest BCUT2D eigenvalue weighted by Gasteiger charge is -2.08. The van der Waals surface area contributed by atoms with Crippen molar-refractivity contribution < 1.29 is 4.79 Å². The second-order valence-electron chi connectivity index (χ2n) is 5.83. The summed E-state index contributed by atoms with van der Waals surface area (Å²) in [6.07, 6.45) is 2.88. The van der Waals surface area contributed by atoms with Crippen LogP contribution >= 0.6 is 23.4 Å². The summed E-state index contributed by atoms with van der Waals surface area (Å²) in [4.78, 5) is 12.0. The number of nitrogens with zero attached hydrogens (tertiary/aromatic N) is 3. The molecule has 128 valence electrons. The van der Waals surface area contributed by atoms with Crippen LogP contribution in [0.4, 0.5) is 0 Å². The average molecular weight is 365 g/mol. The fourth-order valence-electron chi connectivity index (χ4n) is 2.51. The zero-order valence-electron chi connectivity index (χ0n) is 13.7. The molecule has 0 atom stereocenters. The van der Waals surface area contributed by atoms with Crippen molar-refractivity contribution in [1.29, 1.82) is 0 Å². The molecule has 1 N–H and O–H groups in total. The lowest BCUT2D eigenvalue weighted by atomic mass is 10.2. The summed E-state index contributed by atoms with van der Waals surface area (Å²) < 4.78 is 2.17. The molecule has 1 heterocycles. The number of hydrogen-bond donors (Lipinski definition) is 1. The minimum absolute atomic E-state index is 0.0207. The zero-order valence-corrected chi connectivity index (χ0v) is 15.2. The van der Waals surface area contributed by atoms with Crippen molar-refractivity contribution in [2.24, 2.45) is 0 Å². The molecular weight excluding hydrogens is 344 g/mol. The van der Waals surface area contributed by atoms with Crippen LogP contribution in [0.1, 0.15) is 43.5 Å². The van der Waals surface area contributed by atoms with Gasteiger partial charge >= 0.3 is 0 Å². The maximum atomic E-state index is 12.0. The lowest BCUT2D eigenvalue weighted by molar-refractivity contribution is -0.120. The van der Waals surface area contributed by atoms with Crippen molar-refractivity contribution in [2.45, 2.75) is 50.4 Å². The molecule has 1 amide bonds. The molecule has 0 saturated heterocycles. The third-order valence-electron chi connectivity index (χ3n) is 4.00. The highest BCUT2D eigenvalue weighted by molar-refractivity contribution is 7.99. The summed E-state index contributed by atoms with van der Waals surface area (Å²) in [5.74, 6) is 2.40. The predicted octanol–water partition coefficient (Wildman–Crippen LogP) is 3.63. The van der Waals surface area contributed by atoms with Gasteiger partial charge in [-0.2, -0.15) is 0 Å². The highest BCUT2D eigenvalue weighted by Gasteiger charge is 2.29. The Morgan fingerprint density at radius 3 is 2.88 bits per heavy atom. The summed E-state index contributed by atoms with van der Waals surface area (Å²) >= 11 is 7.68. The number of aromatic nitrogens is 3. The minimum atomic E-state index is 0.0207. The Balaban J connectivity index is 1.44. The topological polar surface area (TPSA) is 59.8 Å². The standard InChI is InChI=1S/C17H21ClN4OS/c1-2-22-16(12-7-8-12)20-21-17(22)24-10-9-15(23)19-11-13-5-3-4-6-14(13)18/h3-6,12H,2,7-11H2,1H3,(H,19,23). The number of thioether (sulfide) groups is 1. The molecule has 1 aliphatic carbocycles. The third kappa shape index (κ3) is 4.30. The number of amides is 1. The molecule has 1 aliphatic rings. The van der Waals surface area contributed by atoms with Gasteiger partial charge in [0.05, 0.1) is 0 Å². The highest BCUT2D eigenvalue weighted by atomic mass is 35.5. The van der Waals surface area contributed by atoms with E-state index in [1.54, 1.807) is 11.8 Å². The largest absolute Gasteiger partial charge is 0.352 e. The van der Waals surface area contributed by atoms with Gasteiger partial charge in [-0.15, -0.1) is 10.2 Å². The fraction of sp³-hybridized carbons (Fsp3) is 0.471.